The van der Waals surface area contributed by atoms with E-state index >= 15 is 0 Å². The van der Waals surface area contributed by atoms with Crippen LogP contribution in [0.4, 0.5) is 0 Å². The van der Waals surface area contributed by atoms with Crippen molar-refractivity contribution in [3.05, 3.63) is 53.6 Å². The van der Waals surface area contributed by atoms with Crippen LogP contribution in [-0.4, -0.2) is 28.7 Å². The lowest BCUT2D eigenvalue weighted by Crippen LogP contribution is -2.48. The Balaban J connectivity index is 1.55. The Kier molecular flexibility index (Phi) is 4.83. The van der Waals surface area contributed by atoms with E-state index in [0.29, 0.717) is 28.8 Å². The Morgan fingerprint density at radius 2 is 1.86 bits per heavy atom. The highest BCUT2D eigenvalue weighted by atomic mass is 32.2. The molecule has 4 heteroatoms. The number of benzene rings is 2. The van der Waals surface area contributed by atoms with Gasteiger partial charge in [-0.05, 0) is 103 Å². The summed E-state index contributed by atoms with van der Waals surface area (Å²) in [5.74, 6) is 2.96. The summed E-state index contributed by atoms with van der Waals surface area (Å²) >= 11 is 1.95. The minimum absolute atomic E-state index is 0.0545. The van der Waals surface area contributed by atoms with E-state index in [0.717, 1.165) is 37.9 Å². The monoisotopic (exact) mass is 410 g/mol. The van der Waals surface area contributed by atoms with Crippen LogP contribution in [0.5, 0.6) is 11.5 Å². The van der Waals surface area contributed by atoms with E-state index < -0.39 is 0 Å². The molecular weight excluding hydrogens is 380 g/mol. The van der Waals surface area contributed by atoms with Gasteiger partial charge in [-0.3, -0.25) is 0 Å². The smallest absolute Gasteiger partial charge is 0.119 e. The highest BCUT2D eigenvalue weighted by Gasteiger charge is 2.56. The van der Waals surface area contributed by atoms with E-state index in [9.17, 15) is 10.2 Å². The predicted molar refractivity (Wildman–Crippen MR) is 117 cm³/mol. The van der Waals surface area contributed by atoms with Gasteiger partial charge in [0.05, 0.1) is 13.2 Å². The molecule has 5 rings (SSSR count). The van der Waals surface area contributed by atoms with Gasteiger partial charge in [0, 0.05) is 10.1 Å². The van der Waals surface area contributed by atoms with Gasteiger partial charge in [-0.2, -0.15) is 0 Å². The molecule has 29 heavy (non-hydrogen) atoms. The Morgan fingerprint density at radius 3 is 2.62 bits per heavy atom. The lowest BCUT2D eigenvalue weighted by atomic mass is 9.55. The van der Waals surface area contributed by atoms with Crippen molar-refractivity contribution in [3.63, 3.8) is 0 Å². The summed E-state index contributed by atoms with van der Waals surface area (Å²) in [7, 11) is 1.74. The number of aliphatic hydroxyl groups is 1. The molecule has 0 amide bonds. The first-order valence-electron chi connectivity index (χ1n) is 10.8. The van der Waals surface area contributed by atoms with Gasteiger partial charge in [0.25, 0.3) is 0 Å². The average molecular weight is 411 g/mol. The molecule has 0 radical (unpaired) electrons. The number of fused-ring (bicyclic) bond motifs is 5. The Bertz CT molecular complexity index is 895. The maximum Gasteiger partial charge on any atom is 0.119 e. The topological polar surface area (TPSA) is 49.7 Å². The van der Waals surface area contributed by atoms with Crippen molar-refractivity contribution in [2.24, 2.45) is 17.3 Å². The summed E-state index contributed by atoms with van der Waals surface area (Å²) in [5, 5.41) is 20.9. The third-order valence-corrected chi connectivity index (χ3v) is 9.33. The van der Waals surface area contributed by atoms with Crippen molar-refractivity contribution in [3.8, 4) is 11.5 Å². The van der Waals surface area contributed by atoms with Crippen LogP contribution in [0.3, 0.4) is 0 Å². The molecule has 5 unspecified atom stereocenters. The number of hydrogen-bond donors (Lipinski definition) is 2. The van der Waals surface area contributed by atoms with E-state index in [1.54, 1.807) is 19.2 Å². The zero-order valence-corrected chi connectivity index (χ0v) is 18.0. The third kappa shape index (κ3) is 3.16. The van der Waals surface area contributed by atoms with Gasteiger partial charge in [0.1, 0.15) is 11.5 Å². The van der Waals surface area contributed by atoms with Crippen LogP contribution < -0.4 is 4.74 Å². The van der Waals surface area contributed by atoms with Crippen LogP contribution >= 0.6 is 11.8 Å². The second kappa shape index (κ2) is 7.24. The van der Waals surface area contributed by atoms with Crippen molar-refractivity contribution in [2.75, 3.05) is 7.11 Å². The van der Waals surface area contributed by atoms with Crippen LogP contribution in [0.15, 0.2) is 47.4 Å². The average Bonchev–Trinajstić information content (AvgIpc) is 3.03. The first kappa shape index (κ1) is 19.3. The minimum atomic E-state index is -0.162. The largest absolute Gasteiger partial charge is 0.508 e. The first-order valence-corrected chi connectivity index (χ1v) is 11.7. The van der Waals surface area contributed by atoms with Crippen molar-refractivity contribution < 1.29 is 14.9 Å². The van der Waals surface area contributed by atoms with E-state index in [4.69, 9.17) is 4.74 Å². The molecule has 0 heterocycles. The molecule has 154 valence electrons. The lowest BCUT2D eigenvalue weighted by molar-refractivity contribution is -0.0209. The zero-order chi connectivity index (χ0) is 20.2. The fourth-order valence-electron chi connectivity index (χ4n) is 6.47. The van der Waals surface area contributed by atoms with Crippen molar-refractivity contribution in [1.82, 2.24) is 0 Å². The number of phenolic OH excluding ortho intramolecular Hbond substituents is 1. The van der Waals surface area contributed by atoms with E-state index in [1.165, 1.54) is 16.0 Å². The summed E-state index contributed by atoms with van der Waals surface area (Å²) in [6, 6.07) is 14.3. The van der Waals surface area contributed by atoms with Crippen LogP contribution in [0.2, 0.25) is 0 Å². The Labute approximate surface area is 177 Å². The molecule has 3 aliphatic carbocycles. The fourth-order valence-corrected chi connectivity index (χ4v) is 7.91. The number of rotatable bonds is 3. The number of aliphatic hydroxyl groups excluding tert-OH is 1. The highest BCUT2D eigenvalue weighted by Crippen LogP contribution is 2.62. The van der Waals surface area contributed by atoms with Gasteiger partial charge in [-0.25, -0.2) is 0 Å². The second-order valence-corrected chi connectivity index (χ2v) is 10.7. The number of methoxy groups -OCH3 is 1. The molecule has 0 saturated heterocycles. The summed E-state index contributed by atoms with van der Waals surface area (Å²) in [6.07, 6.45) is 5.21. The van der Waals surface area contributed by atoms with Crippen LogP contribution in [0.1, 0.15) is 49.7 Å². The summed E-state index contributed by atoms with van der Waals surface area (Å²) in [4.78, 5) is 1.21. The van der Waals surface area contributed by atoms with Gasteiger partial charge >= 0.3 is 0 Å². The minimum Gasteiger partial charge on any atom is -0.508 e. The number of ether oxygens (including phenoxy) is 1. The predicted octanol–water partition coefficient (Wildman–Crippen LogP) is 5.39. The number of hydrogen-bond acceptors (Lipinski definition) is 4. The molecule has 2 aromatic rings. The second-order valence-electron chi connectivity index (χ2n) is 9.35. The summed E-state index contributed by atoms with van der Waals surface area (Å²) < 4.78 is 5.51. The van der Waals surface area contributed by atoms with E-state index in [-0.39, 0.29) is 11.5 Å². The van der Waals surface area contributed by atoms with Gasteiger partial charge in [-0.15, -0.1) is 11.8 Å². The van der Waals surface area contributed by atoms with Gasteiger partial charge in [-0.1, -0.05) is 13.0 Å². The first-order chi connectivity index (χ1) is 14.0. The molecule has 0 bridgehead atoms. The maximum absolute atomic E-state index is 10.8. The molecule has 2 fully saturated rings. The zero-order valence-electron chi connectivity index (χ0n) is 17.2. The highest BCUT2D eigenvalue weighted by molar-refractivity contribution is 8.00. The third-order valence-electron chi connectivity index (χ3n) is 8.01. The molecule has 0 spiro atoms. The molecule has 2 N–H and O–H groups in total. The van der Waals surface area contributed by atoms with Gasteiger partial charge in [0.2, 0.25) is 0 Å². The molecule has 2 saturated carbocycles. The normalized spacial score (nSPS) is 35.5. The number of aromatic hydroxyl groups is 1. The van der Waals surface area contributed by atoms with Crippen LogP contribution in [0, 0.1) is 17.3 Å². The number of phenols is 1. The summed E-state index contributed by atoms with van der Waals surface area (Å²) in [6.45, 7) is 2.33. The fraction of sp³-hybridized carbons (Fsp3) is 0.520. The molecule has 0 aromatic heterocycles. The molecule has 3 nitrogen and oxygen atoms in total. The molecule has 3 aliphatic rings. The van der Waals surface area contributed by atoms with Crippen LogP contribution in [0.25, 0.3) is 0 Å². The molecule has 2 aromatic carbocycles. The van der Waals surface area contributed by atoms with Crippen molar-refractivity contribution in [2.45, 2.75) is 61.2 Å². The van der Waals surface area contributed by atoms with Crippen molar-refractivity contribution >= 4 is 11.8 Å². The quantitative estimate of drug-likeness (QED) is 0.712. The Morgan fingerprint density at radius 1 is 1.07 bits per heavy atom. The maximum atomic E-state index is 10.8. The molecular formula is C25H30O3S. The van der Waals surface area contributed by atoms with Crippen LogP contribution in [-0.2, 0) is 6.42 Å². The van der Waals surface area contributed by atoms with Crippen molar-refractivity contribution in [1.29, 1.82) is 0 Å². The van der Waals surface area contributed by atoms with E-state index in [2.05, 4.69) is 25.1 Å². The Hall–Kier alpha value is -1.65. The van der Waals surface area contributed by atoms with Gasteiger partial charge in [0.15, 0.2) is 0 Å². The molecule has 0 aliphatic heterocycles. The standard InChI is InChI=1S/C25H30O3S/c1-25-12-11-20-19-8-5-17(28-2)13-15(19)14-22(24(20)21(25)9-10-23(25)27)29-18-6-3-16(26)4-7-18/h3-8,13,20-24,26-27H,9-12,14H2,1-2H3/t20?,21?,22?,23?,24?,25-/m0/s1. The molecule has 6 atom stereocenters. The SMILES string of the molecule is COc1ccc2c(c1)CC(Sc1ccc(O)cc1)C1C2CC[C@]2(C)C(O)CCC12. The number of thioether (sulfide) groups is 1. The van der Waals surface area contributed by atoms with E-state index in [1.807, 2.05) is 23.9 Å². The lowest BCUT2D eigenvalue weighted by Gasteiger charge is -2.52. The van der Waals surface area contributed by atoms with Gasteiger partial charge < -0.3 is 14.9 Å². The summed E-state index contributed by atoms with van der Waals surface area (Å²) in [5.41, 5.74) is 2.98.